The van der Waals surface area contributed by atoms with Crippen LogP contribution in [0.1, 0.15) is 6.42 Å². The normalized spacial score (nSPS) is 22.0. The van der Waals surface area contributed by atoms with Gasteiger partial charge in [-0.1, -0.05) is 18.2 Å². The fourth-order valence-electron chi connectivity index (χ4n) is 0.919. The van der Waals surface area contributed by atoms with Crippen LogP contribution in [-0.2, 0) is 9.53 Å². The zero-order valence-electron chi connectivity index (χ0n) is 6.56. The Balaban J connectivity index is 2.29. The van der Waals surface area contributed by atoms with Gasteiger partial charge in [-0.3, -0.25) is 0 Å². The van der Waals surface area contributed by atoms with Gasteiger partial charge in [0.25, 0.3) is 0 Å². The first-order valence-electron chi connectivity index (χ1n) is 3.65. The van der Waals surface area contributed by atoms with E-state index < -0.39 is 5.97 Å². The fourth-order valence-corrected chi connectivity index (χ4v) is 0.919. The quantitative estimate of drug-likeness (QED) is 0.616. The van der Waals surface area contributed by atoms with Crippen molar-refractivity contribution in [3.8, 4) is 0 Å². The lowest BCUT2D eigenvalue weighted by Gasteiger charge is -2.14. The number of carboxylic acid groups (broad SMARTS) is 1. The molecule has 0 aromatic heterocycles. The van der Waals surface area contributed by atoms with Gasteiger partial charge >= 0.3 is 5.97 Å². The zero-order valence-corrected chi connectivity index (χ0v) is 6.56. The molecule has 0 aromatic carbocycles. The molecule has 0 amide bonds. The van der Waals surface area contributed by atoms with Gasteiger partial charge in [0.2, 0.25) is 0 Å². The lowest BCUT2D eigenvalue weighted by Crippen LogP contribution is -2.17. The predicted molar refractivity (Wildman–Crippen MR) is 45.0 cm³/mol. The van der Waals surface area contributed by atoms with Gasteiger partial charge in [0.1, 0.15) is 14.5 Å². The second-order valence-corrected chi connectivity index (χ2v) is 2.54. The molecule has 4 heteroatoms. The summed E-state index contributed by atoms with van der Waals surface area (Å²) in [7, 11) is 5.46. The molecule has 0 heterocycles. The third kappa shape index (κ3) is 2.92. The highest BCUT2D eigenvalue weighted by atomic mass is 16.5. The molecule has 2 radical (unpaired) electrons. The van der Waals surface area contributed by atoms with Gasteiger partial charge < -0.3 is 9.84 Å². The largest absolute Gasteiger partial charge is 0.480 e. The summed E-state index contributed by atoms with van der Waals surface area (Å²) >= 11 is 0. The van der Waals surface area contributed by atoms with Crippen LogP contribution in [0.2, 0.25) is 0 Å². The topological polar surface area (TPSA) is 46.5 Å². The maximum Gasteiger partial charge on any atom is 0.329 e. The van der Waals surface area contributed by atoms with Crippen molar-refractivity contribution >= 4 is 13.8 Å². The summed E-state index contributed by atoms with van der Waals surface area (Å²) < 4.78 is 5.01. The van der Waals surface area contributed by atoms with Gasteiger partial charge in [0, 0.05) is 0 Å². The molecule has 12 heavy (non-hydrogen) atoms. The van der Waals surface area contributed by atoms with Crippen molar-refractivity contribution in [1.82, 2.24) is 0 Å². The molecule has 1 aliphatic carbocycles. The van der Waals surface area contributed by atoms with Crippen LogP contribution in [0.25, 0.3) is 0 Å². The second kappa shape index (κ2) is 4.11. The molecule has 3 nitrogen and oxygen atoms in total. The van der Waals surface area contributed by atoms with Gasteiger partial charge in [-0.05, 0) is 6.42 Å². The van der Waals surface area contributed by atoms with Crippen LogP contribution in [0, 0.1) is 0 Å². The summed E-state index contributed by atoms with van der Waals surface area (Å²) in [5, 5.41) is 8.31. The van der Waals surface area contributed by atoms with E-state index in [0.717, 1.165) is 0 Å². The van der Waals surface area contributed by atoms with E-state index in [1.807, 2.05) is 6.08 Å². The Hall–Kier alpha value is -1.03. The monoisotopic (exact) mass is 164 g/mol. The van der Waals surface area contributed by atoms with Crippen LogP contribution < -0.4 is 0 Å². The molecule has 1 aliphatic rings. The van der Waals surface area contributed by atoms with Crippen LogP contribution in [0.3, 0.4) is 0 Å². The number of rotatable bonds is 3. The van der Waals surface area contributed by atoms with E-state index in [4.69, 9.17) is 17.7 Å². The second-order valence-electron chi connectivity index (χ2n) is 2.54. The minimum Gasteiger partial charge on any atom is -0.480 e. The van der Waals surface area contributed by atoms with Crippen molar-refractivity contribution in [3.63, 3.8) is 0 Å². The lowest BCUT2D eigenvalue weighted by atomic mass is 9.90. The minimum atomic E-state index is -0.953. The van der Waals surface area contributed by atoms with Crippen molar-refractivity contribution in [2.75, 3.05) is 6.61 Å². The Kier molecular flexibility index (Phi) is 3.11. The van der Waals surface area contributed by atoms with E-state index in [1.54, 1.807) is 12.2 Å². The molecular formula is C8H9BO3. The van der Waals surface area contributed by atoms with E-state index in [0.29, 0.717) is 11.9 Å². The highest BCUT2D eigenvalue weighted by Gasteiger charge is 2.08. The summed E-state index contributed by atoms with van der Waals surface area (Å²) in [4.78, 5) is 10.1. The molecule has 1 N–H and O–H groups in total. The molecule has 0 aromatic rings. The molecule has 0 saturated heterocycles. The van der Waals surface area contributed by atoms with Gasteiger partial charge in [0.15, 0.2) is 0 Å². The number of carboxylic acids is 1. The van der Waals surface area contributed by atoms with Crippen LogP contribution in [-0.4, -0.2) is 31.6 Å². The Morgan fingerprint density at radius 1 is 1.83 bits per heavy atom. The van der Waals surface area contributed by atoms with E-state index >= 15 is 0 Å². The molecule has 0 bridgehead atoms. The number of hydrogen-bond donors (Lipinski definition) is 1. The molecule has 1 atom stereocenters. The maximum atomic E-state index is 10.1. The van der Waals surface area contributed by atoms with E-state index in [-0.39, 0.29) is 12.7 Å². The van der Waals surface area contributed by atoms with Crippen molar-refractivity contribution in [2.45, 2.75) is 12.5 Å². The summed E-state index contributed by atoms with van der Waals surface area (Å²) in [5.74, 6) is -0.953. The van der Waals surface area contributed by atoms with Gasteiger partial charge in [-0.25, -0.2) is 4.79 Å². The molecule has 0 aliphatic heterocycles. The summed E-state index contributed by atoms with van der Waals surface area (Å²) in [6.45, 7) is -0.261. The van der Waals surface area contributed by atoms with Crippen LogP contribution in [0.5, 0.6) is 0 Å². The first-order valence-corrected chi connectivity index (χ1v) is 3.65. The SMILES string of the molecule is [B]C1=CCC(OCC(=O)O)C=C1. The van der Waals surface area contributed by atoms with E-state index in [2.05, 4.69) is 0 Å². The zero-order chi connectivity index (χ0) is 8.97. The number of hydrogen-bond acceptors (Lipinski definition) is 2. The number of aliphatic carboxylic acids is 1. The average Bonchev–Trinajstić information content (AvgIpc) is 2.03. The fraction of sp³-hybridized carbons (Fsp3) is 0.375. The molecule has 0 saturated carbocycles. The van der Waals surface area contributed by atoms with Crippen LogP contribution in [0.4, 0.5) is 0 Å². The van der Waals surface area contributed by atoms with E-state index in [1.165, 1.54) is 0 Å². The Morgan fingerprint density at radius 3 is 3.08 bits per heavy atom. The maximum absolute atomic E-state index is 10.1. The first-order chi connectivity index (χ1) is 5.68. The lowest BCUT2D eigenvalue weighted by molar-refractivity contribution is -0.143. The van der Waals surface area contributed by atoms with Crippen LogP contribution >= 0.6 is 0 Å². The van der Waals surface area contributed by atoms with E-state index in [9.17, 15) is 4.79 Å². The summed E-state index contributed by atoms with van der Waals surface area (Å²) in [6, 6.07) is 0. The third-order valence-electron chi connectivity index (χ3n) is 1.51. The molecule has 1 unspecified atom stereocenters. The number of ether oxygens (including phenoxy) is 1. The van der Waals surface area contributed by atoms with Crippen molar-refractivity contribution in [2.24, 2.45) is 0 Å². The third-order valence-corrected chi connectivity index (χ3v) is 1.51. The van der Waals surface area contributed by atoms with Gasteiger partial charge in [0.05, 0.1) is 6.10 Å². The predicted octanol–water partition coefficient (Wildman–Crippen LogP) is 0.469. The molecule has 0 fully saturated rings. The Bertz CT molecular complexity index is 232. The van der Waals surface area contributed by atoms with Crippen molar-refractivity contribution < 1.29 is 14.6 Å². The molecule has 62 valence electrons. The highest BCUT2D eigenvalue weighted by molar-refractivity contribution is 6.23. The summed E-state index contributed by atoms with van der Waals surface area (Å²) in [5.41, 5.74) is 0.699. The number of carbonyl (C=O) groups is 1. The average molecular weight is 164 g/mol. The molecule has 1 rings (SSSR count). The molecule has 0 spiro atoms. The Labute approximate surface area is 72.1 Å². The standard InChI is InChI=1S/C8H9BO3/c9-6-1-3-7(4-2-6)12-5-8(10)11/h1-3,7H,4-5H2,(H,10,11). The van der Waals surface area contributed by atoms with Crippen LogP contribution in [0.15, 0.2) is 23.7 Å². The highest BCUT2D eigenvalue weighted by Crippen LogP contribution is 2.10. The summed E-state index contributed by atoms with van der Waals surface area (Å²) in [6.07, 6.45) is 5.80. The van der Waals surface area contributed by atoms with Crippen molar-refractivity contribution in [1.29, 1.82) is 0 Å². The minimum absolute atomic E-state index is 0.145. The first kappa shape index (κ1) is 9.07. The van der Waals surface area contributed by atoms with Crippen molar-refractivity contribution in [3.05, 3.63) is 23.7 Å². The smallest absolute Gasteiger partial charge is 0.329 e. The van der Waals surface area contributed by atoms with Gasteiger partial charge in [-0.2, -0.15) is 0 Å². The molecular weight excluding hydrogens is 155 g/mol. The Morgan fingerprint density at radius 2 is 2.58 bits per heavy atom. The number of allylic oxidation sites excluding steroid dienone is 2. The van der Waals surface area contributed by atoms with Gasteiger partial charge in [-0.15, -0.1) is 5.47 Å².